The second kappa shape index (κ2) is 13.2. The molecule has 8 heteroatoms. The fourth-order valence-corrected chi connectivity index (χ4v) is 3.33. The number of carbonyl (C=O) groups is 2. The van der Waals surface area contributed by atoms with E-state index in [1.807, 2.05) is 19.9 Å². The normalized spacial score (nSPS) is 15.0. The van der Waals surface area contributed by atoms with Gasteiger partial charge >= 0.3 is 0 Å². The Morgan fingerprint density at radius 2 is 2.00 bits per heavy atom. The molecule has 0 bridgehead atoms. The Hall–Kier alpha value is -3.55. The van der Waals surface area contributed by atoms with Gasteiger partial charge in [0.1, 0.15) is 13.6 Å². The molecule has 1 aromatic carbocycles. The first-order valence-corrected chi connectivity index (χ1v) is 11.5. The summed E-state index contributed by atoms with van der Waals surface area (Å²) < 4.78 is 5.61. The summed E-state index contributed by atoms with van der Waals surface area (Å²) in [6, 6.07) is 5.36. The van der Waals surface area contributed by atoms with Gasteiger partial charge in [0.25, 0.3) is 0 Å². The Morgan fingerprint density at radius 1 is 1.26 bits per heavy atom. The molecule has 34 heavy (non-hydrogen) atoms. The fourth-order valence-electron chi connectivity index (χ4n) is 3.33. The van der Waals surface area contributed by atoms with Crippen LogP contribution >= 0.6 is 0 Å². The minimum atomic E-state index is -0.595. The number of primary amides is 1. The lowest BCUT2D eigenvalue weighted by Crippen LogP contribution is -2.25. The van der Waals surface area contributed by atoms with Gasteiger partial charge in [-0.3, -0.25) is 9.59 Å². The van der Waals surface area contributed by atoms with E-state index in [0.717, 1.165) is 31.9 Å². The molecule has 0 saturated heterocycles. The van der Waals surface area contributed by atoms with E-state index in [-0.39, 0.29) is 11.8 Å². The third kappa shape index (κ3) is 7.51. The SMILES string of the molecule is [B]/C(=C\C=N)c1cccc(NC(=C/C(=C/CCC)NC(=O)C2CC2)/C(=C/CC)C(N)=O)c1OC. The quantitative estimate of drug-likeness (QED) is 0.153. The van der Waals surface area contributed by atoms with Crippen molar-refractivity contribution in [2.24, 2.45) is 11.7 Å². The second-order valence-corrected chi connectivity index (χ2v) is 7.96. The molecule has 2 rings (SSSR count). The largest absolute Gasteiger partial charge is 0.494 e. The average Bonchev–Trinajstić information content (AvgIpc) is 3.66. The molecule has 0 aliphatic heterocycles. The topological polar surface area (TPSA) is 117 Å². The summed E-state index contributed by atoms with van der Waals surface area (Å²) in [6.07, 6.45) is 12.0. The highest BCUT2D eigenvalue weighted by Crippen LogP contribution is 2.34. The van der Waals surface area contributed by atoms with E-state index >= 15 is 0 Å². The van der Waals surface area contributed by atoms with Gasteiger partial charge < -0.3 is 26.5 Å². The molecule has 1 aliphatic rings. The maximum absolute atomic E-state index is 12.5. The number of methoxy groups -OCH3 is 1. The van der Waals surface area contributed by atoms with E-state index < -0.39 is 5.91 Å². The number of carbonyl (C=O) groups excluding carboxylic acids is 2. The molecule has 0 aromatic heterocycles. The maximum Gasteiger partial charge on any atom is 0.250 e. The molecule has 0 heterocycles. The highest BCUT2D eigenvalue weighted by Gasteiger charge is 2.30. The molecule has 178 valence electrons. The molecular weight excluding hydrogens is 427 g/mol. The fraction of sp³-hybridized carbons (Fsp3) is 0.346. The number of nitrogens with one attached hydrogen (secondary N) is 3. The third-order valence-electron chi connectivity index (χ3n) is 5.19. The molecule has 1 aliphatic carbocycles. The van der Waals surface area contributed by atoms with Crippen molar-refractivity contribution < 1.29 is 14.3 Å². The van der Waals surface area contributed by atoms with E-state index in [2.05, 4.69) is 10.6 Å². The molecule has 7 nitrogen and oxygen atoms in total. The van der Waals surface area contributed by atoms with Gasteiger partial charge in [-0.15, -0.1) is 0 Å². The number of benzene rings is 1. The van der Waals surface area contributed by atoms with Gasteiger partial charge in [0, 0.05) is 23.4 Å². The van der Waals surface area contributed by atoms with Crippen molar-refractivity contribution in [1.82, 2.24) is 5.32 Å². The molecule has 2 radical (unpaired) electrons. The summed E-state index contributed by atoms with van der Waals surface area (Å²) in [7, 11) is 7.63. The number of rotatable bonds is 13. The number of anilines is 1. The van der Waals surface area contributed by atoms with Gasteiger partial charge in [-0.25, -0.2) is 0 Å². The van der Waals surface area contributed by atoms with Crippen LogP contribution in [0, 0.1) is 11.3 Å². The smallest absolute Gasteiger partial charge is 0.250 e. The van der Waals surface area contributed by atoms with Gasteiger partial charge in [0.15, 0.2) is 0 Å². The highest BCUT2D eigenvalue weighted by molar-refractivity contribution is 6.44. The predicted octanol–water partition coefficient (Wildman–Crippen LogP) is 4.18. The summed E-state index contributed by atoms with van der Waals surface area (Å²) in [5.41, 5.74) is 8.55. The van der Waals surface area contributed by atoms with Gasteiger partial charge in [0.05, 0.1) is 24.1 Å². The molecule has 1 saturated carbocycles. The zero-order chi connectivity index (χ0) is 25.1. The van der Waals surface area contributed by atoms with Crippen LogP contribution in [-0.4, -0.2) is 33.0 Å². The number of hydrogen-bond donors (Lipinski definition) is 4. The first kappa shape index (κ1) is 26.7. The van der Waals surface area contributed by atoms with Crippen LogP contribution in [0.25, 0.3) is 5.47 Å². The van der Waals surface area contributed by atoms with Crippen molar-refractivity contribution in [3.05, 3.63) is 65.0 Å². The molecule has 0 atom stereocenters. The number of amides is 2. The Labute approximate surface area is 203 Å². The van der Waals surface area contributed by atoms with Crippen molar-refractivity contribution in [3.8, 4) is 5.75 Å². The maximum atomic E-state index is 12.5. The van der Waals surface area contributed by atoms with Crippen LogP contribution in [0.3, 0.4) is 0 Å². The standard InChI is InChI=1S/C26H33BN4O3/c1-4-6-9-18(30-26(33)17-12-13-17)16-23(20(8-5-2)25(29)32)31-22-11-7-10-19(24(22)34-3)21(27)14-15-28/h7-11,14-17,28,31H,4-6,12-13H2,1-3H3,(H2,29,32)(H,30,33)/b18-9-,20-8-,21-14-,23-16+,28-15?. The summed E-state index contributed by atoms with van der Waals surface area (Å²) >= 11 is 0. The van der Waals surface area contributed by atoms with E-state index in [1.165, 1.54) is 13.2 Å². The Balaban J connectivity index is 2.59. The lowest BCUT2D eigenvalue weighted by Gasteiger charge is -2.19. The Morgan fingerprint density at radius 3 is 2.56 bits per heavy atom. The molecule has 0 spiro atoms. The lowest BCUT2D eigenvalue weighted by molar-refractivity contribution is -0.121. The minimum absolute atomic E-state index is 0.0258. The van der Waals surface area contributed by atoms with Gasteiger partial charge in [-0.2, -0.15) is 0 Å². The van der Waals surface area contributed by atoms with Crippen molar-refractivity contribution in [2.75, 3.05) is 12.4 Å². The molecule has 0 unspecified atom stereocenters. The summed E-state index contributed by atoms with van der Waals surface area (Å²) in [5.74, 6) is -0.132. The lowest BCUT2D eigenvalue weighted by atomic mass is 9.87. The Kier molecular flexibility index (Phi) is 10.4. The molecule has 2 amide bonds. The number of para-hydroxylation sites is 1. The van der Waals surface area contributed by atoms with Crippen LogP contribution in [0.4, 0.5) is 5.69 Å². The van der Waals surface area contributed by atoms with E-state index in [9.17, 15) is 9.59 Å². The summed E-state index contributed by atoms with van der Waals surface area (Å²) in [5, 5.41) is 13.5. The van der Waals surface area contributed by atoms with Crippen molar-refractivity contribution in [3.63, 3.8) is 0 Å². The molecule has 1 fully saturated rings. The van der Waals surface area contributed by atoms with Crippen LogP contribution in [0.2, 0.25) is 0 Å². The van der Waals surface area contributed by atoms with Crippen molar-refractivity contribution in [1.29, 1.82) is 5.41 Å². The van der Waals surface area contributed by atoms with Gasteiger partial charge in [0.2, 0.25) is 11.8 Å². The van der Waals surface area contributed by atoms with Crippen LogP contribution in [-0.2, 0) is 9.59 Å². The molecule has 1 aromatic rings. The Bertz CT molecular complexity index is 1040. The van der Waals surface area contributed by atoms with Crippen LogP contribution < -0.4 is 21.1 Å². The average molecular weight is 460 g/mol. The van der Waals surface area contributed by atoms with Crippen LogP contribution in [0.15, 0.2) is 59.5 Å². The van der Waals surface area contributed by atoms with E-state index in [4.69, 9.17) is 23.7 Å². The third-order valence-corrected chi connectivity index (χ3v) is 5.19. The first-order valence-electron chi connectivity index (χ1n) is 11.5. The zero-order valence-corrected chi connectivity index (χ0v) is 20.1. The monoisotopic (exact) mass is 460 g/mol. The number of ether oxygens (including phenoxy) is 1. The number of hydrogen-bond acceptors (Lipinski definition) is 5. The van der Waals surface area contributed by atoms with Crippen LogP contribution in [0.1, 0.15) is 51.5 Å². The minimum Gasteiger partial charge on any atom is -0.494 e. The predicted molar refractivity (Wildman–Crippen MR) is 139 cm³/mol. The van der Waals surface area contributed by atoms with Crippen molar-refractivity contribution >= 4 is 37.0 Å². The number of unbranched alkanes of at least 4 members (excludes halogenated alkanes) is 1. The highest BCUT2D eigenvalue weighted by atomic mass is 16.5. The van der Waals surface area contributed by atoms with E-state index in [1.54, 1.807) is 30.4 Å². The summed E-state index contributed by atoms with van der Waals surface area (Å²) in [4.78, 5) is 24.8. The van der Waals surface area contributed by atoms with Gasteiger partial charge in [-0.05, 0) is 37.8 Å². The van der Waals surface area contributed by atoms with Crippen LogP contribution in [0.5, 0.6) is 5.75 Å². The molecule has 5 N–H and O–H groups in total. The van der Waals surface area contributed by atoms with E-state index in [0.29, 0.717) is 45.9 Å². The number of nitrogens with two attached hydrogens (primary N) is 1. The second-order valence-electron chi connectivity index (χ2n) is 7.96. The number of allylic oxidation sites excluding steroid dienone is 4. The van der Waals surface area contributed by atoms with Gasteiger partial charge in [-0.1, -0.05) is 56.1 Å². The first-order chi connectivity index (χ1) is 16.4. The summed E-state index contributed by atoms with van der Waals surface area (Å²) in [6.45, 7) is 3.96. The zero-order valence-electron chi connectivity index (χ0n) is 20.1. The molecular formula is C26H33BN4O3. The van der Waals surface area contributed by atoms with Crippen molar-refractivity contribution in [2.45, 2.75) is 46.0 Å².